The first-order valence-corrected chi connectivity index (χ1v) is 9.79. The summed E-state index contributed by atoms with van der Waals surface area (Å²) in [5.41, 5.74) is 0.244. The quantitative estimate of drug-likeness (QED) is 0.826. The van der Waals surface area contributed by atoms with Crippen molar-refractivity contribution in [2.75, 3.05) is 24.2 Å². The van der Waals surface area contributed by atoms with Crippen molar-refractivity contribution >= 4 is 38.5 Å². The molecule has 1 unspecified atom stereocenters. The van der Waals surface area contributed by atoms with Crippen LogP contribution < -0.4 is 10.6 Å². The van der Waals surface area contributed by atoms with E-state index in [9.17, 15) is 17.6 Å². The predicted octanol–water partition coefficient (Wildman–Crippen LogP) is 1.32. The minimum Gasteiger partial charge on any atom is -0.376 e. The van der Waals surface area contributed by atoms with Gasteiger partial charge in [-0.05, 0) is 31.0 Å². The van der Waals surface area contributed by atoms with Gasteiger partial charge in [-0.15, -0.1) is 4.40 Å². The van der Waals surface area contributed by atoms with Gasteiger partial charge in [-0.1, -0.05) is 11.8 Å². The van der Waals surface area contributed by atoms with Crippen LogP contribution >= 0.6 is 11.8 Å². The number of amidine groups is 1. The first kappa shape index (κ1) is 17.2. The van der Waals surface area contributed by atoms with Crippen molar-refractivity contribution in [3.63, 3.8) is 0 Å². The predicted molar refractivity (Wildman–Crippen MR) is 89.1 cm³/mol. The van der Waals surface area contributed by atoms with Crippen LogP contribution in [0.4, 0.5) is 10.1 Å². The molecule has 10 heteroatoms. The van der Waals surface area contributed by atoms with Gasteiger partial charge in [0.2, 0.25) is 5.91 Å². The third-order valence-electron chi connectivity index (χ3n) is 3.56. The number of benzene rings is 1. The molecule has 130 valence electrons. The van der Waals surface area contributed by atoms with Crippen molar-refractivity contribution < 1.29 is 22.3 Å². The summed E-state index contributed by atoms with van der Waals surface area (Å²) in [4.78, 5) is 11.6. The number of ether oxygens (including phenoxy) is 1. The minimum atomic E-state index is -3.97. The monoisotopic (exact) mass is 373 g/mol. The van der Waals surface area contributed by atoms with Crippen LogP contribution in [0.3, 0.4) is 0 Å². The summed E-state index contributed by atoms with van der Waals surface area (Å²) in [6, 6.07) is 3.40. The van der Waals surface area contributed by atoms with E-state index in [1.54, 1.807) is 0 Å². The molecular formula is C14H16FN3O4S2. The molecule has 2 heterocycles. The zero-order valence-electron chi connectivity index (χ0n) is 12.6. The molecule has 3 rings (SSSR count). The number of sulfonamides is 1. The Hall–Kier alpha value is -1.65. The van der Waals surface area contributed by atoms with Crippen molar-refractivity contribution in [3.8, 4) is 0 Å². The summed E-state index contributed by atoms with van der Waals surface area (Å²) in [5.74, 6) is -0.869. The van der Waals surface area contributed by atoms with Gasteiger partial charge >= 0.3 is 0 Å². The summed E-state index contributed by atoms with van der Waals surface area (Å²) >= 11 is 0.971. The normalized spacial score (nSPS) is 21.5. The van der Waals surface area contributed by atoms with Crippen LogP contribution in [0, 0.1) is 5.82 Å². The highest BCUT2D eigenvalue weighted by Gasteiger charge is 2.26. The summed E-state index contributed by atoms with van der Waals surface area (Å²) in [6.07, 6.45) is 1.97. The lowest BCUT2D eigenvalue weighted by Gasteiger charge is -2.17. The standard InChI is InChI=1S/C14H16FN3O4S2/c15-9-3-4-11-12(6-9)24(20,21)18-14(17-11)23-8-13(19)16-7-10-2-1-5-22-10/h3-4,6,10H,1-2,5,7-8H2,(H,16,19)(H,17,18). The van der Waals surface area contributed by atoms with E-state index in [0.29, 0.717) is 13.2 Å². The number of fused-ring (bicyclic) bond motifs is 1. The van der Waals surface area contributed by atoms with E-state index in [1.165, 1.54) is 6.07 Å². The fourth-order valence-electron chi connectivity index (χ4n) is 2.39. The Morgan fingerprint density at radius 2 is 2.33 bits per heavy atom. The van der Waals surface area contributed by atoms with E-state index in [-0.39, 0.29) is 33.5 Å². The van der Waals surface area contributed by atoms with Crippen LogP contribution in [0.2, 0.25) is 0 Å². The third kappa shape index (κ3) is 4.05. The van der Waals surface area contributed by atoms with Crippen molar-refractivity contribution in [2.24, 2.45) is 4.40 Å². The number of halogens is 1. The fraction of sp³-hybridized carbons (Fsp3) is 0.429. The molecule has 7 nitrogen and oxygen atoms in total. The van der Waals surface area contributed by atoms with Gasteiger partial charge < -0.3 is 15.4 Å². The second kappa shape index (κ2) is 7.08. The van der Waals surface area contributed by atoms with Gasteiger partial charge in [0.05, 0.1) is 17.5 Å². The van der Waals surface area contributed by atoms with Gasteiger partial charge in [-0.3, -0.25) is 4.79 Å². The van der Waals surface area contributed by atoms with Crippen LogP contribution in [0.15, 0.2) is 27.5 Å². The molecule has 1 aromatic rings. The Morgan fingerprint density at radius 1 is 1.50 bits per heavy atom. The maximum absolute atomic E-state index is 13.2. The van der Waals surface area contributed by atoms with Gasteiger partial charge in [0.1, 0.15) is 10.7 Å². The molecule has 0 bridgehead atoms. The van der Waals surface area contributed by atoms with Crippen LogP contribution in [0.25, 0.3) is 0 Å². The molecule has 0 saturated carbocycles. The maximum atomic E-state index is 13.2. The number of rotatable bonds is 4. The number of amides is 1. The first-order valence-electron chi connectivity index (χ1n) is 7.37. The summed E-state index contributed by atoms with van der Waals surface area (Å²) in [6.45, 7) is 1.16. The molecule has 2 aliphatic heterocycles. The number of hydrogen-bond acceptors (Lipinski definition) is 6. The van der Waals surface area contributed by atoms with Gasteiger partial charge in [0.25, 0.3) is 10.0 Å². The molecule has 2 N–H and O–H groups in total. The highest BCUT2D eigenvalue weighted by atomic mass is 32.2. The Bertz CT molecular complexity index is 776. The number of carbonyl (C=O) groups excluding carboxylic acids is 1. The highest BCUT2D eigenvalue weighted by Crippen LogP contribution is 2.29. The lowest BCUT2D eigenvalue weighted by molar-refractivity contribution is -0.119. The second-order valence-corrected chi connectivity index (χ2v) is 7.90. The molecule has 24 heavy (non-hydrogen) atoms. The van der Waals surface area contributed by atoms with Crippen molar-refractivity contribution in [1.29, 1.82) is 0 Å². The molecule has 1 saturated heterocycles. The molecule has 1 amide bonds. The molecule has 0 aliphatic carbocycles. The van der Waals surface area contributed by atoms with Gasteiger partial charge in [0, 0.05) is 13.2 Å². The Kier molecular flexibility index (Phi) is 5.07. The van der Waals surface area contributed by atoms with E-state index in [2.05, 4.69) is 15.0 Å². The van der Waals surface area contributed by atoms with Crippen LogP contribution in [-0.2, 0) is 19.6 Å². The van der Waals surface area contributed by atoms with Crippen molar-refractivity contribution in [1.82, 2.24) is 5.32 Å². The van der Waals surface area contributed by atoms with Gasteiger partial charge in [-0.25, -0.2) is 4.39 Å². The molecular weight excluding hydrogens is 357 g/mol. The number of nitrogens with one attached hydrogen (secondary N) is 2. The van der Waals surface area contributed by atoms with E-state index in [0.717, 1.165) is 36.7 Å². The number of anilines is 1. The van der Waals surface area contributed by atoms with Crippen LogP contribution in [0.5, 0.6) is 0 Å². The molecule has 1 aromatic carbocycles. The Morgan fingerprint density at radius 3 is 3.08 bits per heavy atom. The molecule has 1 atom stereocenters. The van der Waals surface area contributed by atoms with Crippen LogP contribution in [-0.4, -0.2) is 44.5 Å². The first-order chi connectivity index (χ1) is 11.4. The van der Waals surface area contributed by atoms with Gasteiger partial charge in [-0.2, -0.15) is 8.42 Å². The van der Waals surface area contributed by atoms with Crippen LogP contribution in [0.1, 0.15) is 12.8 Å². The van der Waals surface area contributed by atoms with E-state index in [4.69, 9.17) is 4.74 Å². The summed E-state index contributed by atoms with van der Waals surface area (Å²) < 4.78 is 46.3. The average Bonchev–Trinajstić information content (AvgIpc) is 3.05. The SMILES string of the molecule is O=C(CSC1=NS(=O)(=O)c2cc(F)ccc2N1)NCC1CCCO1. The van der Waals surface area contributed by atoms with Crippen molar-refractivity contribution in [2.45, 2.75) is 23.8 Å². The Balaban J connectivity index is 1.57. The lowest BCUT2D eigenvalue weighted by Crippen LogP contribution is -2.33. The summed E-state index contributed by atoms with van der Waals surface area (Å²) in [7, 11) is -3.97. The van der Waals surface area contributed by atoms with E-state index < -0.39 is 15.8 Å². The zero-order valence-corrected chi connectivity index (χ0v) is 14.3. The zero-order chi connectivity index (χ0) is 17.2. The van der Waals surface area contributed by atoms with E-state index >= 15 is 0 Å². The Labute approximate surface area is 143 Å². The molecule has 1 fully saturated rings. The topological polar surface area (TPSA) is 96.9 Å². The molecule has 2 aliphatic rings. The second-order valence-electron chi connectivity index (χ2n) is 5.36. The molecule has 0 aromatic heterocycles. The third-order valence-corrected chi connectivity index (χ3v) is 5.86. The number of nitrogens with zero attached hydrogens (tertiary/aromatic N) is 1. The van der Waals surface area contributed by atoms with E-state index in [1.807, 2.05) is 0 Å². The smallest absolute Gasteiger partial charge is 0.286 e. The highest BCUT2D eigenvalue weighted by molar-refractivity contribution is 8.15. The molecule has 0 radical (unpaired) electrons. The average molecular weight is 373 g/mol. The van der Waals surface area contributed by atoms with Gasteiger partial charge in [0.15, 0.2) is 5.17 Å². The maximum Gasteiger partial charge on any atom is 0.286 e. The van der Waals surface area contributed by atoms with Crippen molar-refractivity contribution in [3.05, 3.63) is 24.0 Å². The molecule has 0 spiro atoms. The summed E-state index contributed by atoms with van der Waals surface area (Å²) in [5, 5.41) is 5.62. The number of thioether (sulfide) groups is 1. The largest absolute Gasteiger partial charge is 0.376 e. The number of carbonyl (C=O) groups is 1. The minimum absolute atomic E-state index is 0.0185. The lowest BCUT2D eigenvalue weighted by atomic mass is 10.2. The fourth-order valence-corrected chi connectivity index (χ4v) is 4.47. The number of hydrogen-bond donors (Lipinski definition) is 2.